The van der Waals surface area contributed by atoms with Crippen LogP contribution in [0.5, 0.6) is 0 Å². The number of amides is 2. The lowest BCUT2D eigenvalue weighted by Gasteiger charge is -2.23. The molecule has 0 aromatic carbocycles. The van der Waals surface area contributed by atoms with E-state index in [1.807, 2.05) is 6.92 Å². The molecule has 2 atom stereocenters. The summed E-state index contributed by atoms with van der Waals surface area (Å²) in [5, 5.41) is 9.30. The molecule has 1 aliphatic heterocycles. The van der Waals surface area contributed by atoms with Crippen LogP contribution in [-0.2, 0) is 9.59 Å². The first-order chi connectivity index (χ1) is 10.1. The highest BCUT2D eigenvalue weighted by molar-refractivity contribution is 5.85. The van der Waals surface area contributed by atoms with E-state index in [4.69, 9.17) is 0 Å². The minimum Gasteiger partial charge on any atom is -0.354 e. The summed E-state index contributed by atoms with van der Waals surface area (Å²) in [6, 6.07) is 0.331. The highest BCUT2D eigenvalue weighted by Gasteiger charge is 2.23. The number of nitrogens with one attached hydrogen (secondary N) is 3. The van der Waals surface area contributed by atoms with Crippen LogP contribution < -0.4 is 16.0 Å². The van der Waals surface area contributed by atoms with E-state index in [2.05, 4.69) is 16.0 Å². The fraction of sp³-hybridized carbons (Fsp3) is 0.875. The maximum Gasteiger partial charge on any atom is 0.223 e. The van der Waals surface area contributed by atoms with Crippen LogP contribution in [-0.4, -0.2) is 37.0 Å². The zero-order valence-corrected chi connectivity index (χ0v) is 14.3. The Bertz CT molecular complexity index is 353. The highest BCUT2D eigenvalue weighted by Crippen LogP contribution is 2.23. The van der Waals surface area contributed by atoms with Crippen LogP contribution in [0.25, 0.3) is 0 Å². The van der Waals surface area contributed by atoms with Crippen molar-refractivity contribution >= 4 is 24.2 Å². The van der Waals surface area contributed by atoms with Gasteiger partial charge in [-0.3, -0.25) is 9.59 Å². The lowest BCUT2D eigenvalue weighted by Crippen LogP contribution is -2.42. The minimum absolute atomic E-state index is 0. The summed E-state index contributed by atoms with van der Waals surface area (Å²) in [5.74, 6) is 0.319. The van der Waals surface area contributed by atoms with Crippen LogP contribution in [0.15, 0.2) is 0 Å². The SMILES string of the molecule is CC(CC(=O)NCC1CCCN1)NC(=O)C1CCCCC1.Cl. The number of carbonyl (C=O) groups excluding carboxylic acids is 2. The quantitative estimate of drug-likeness (QED) is 0.694. The smallest absolute Gasteiger partial charge is 0.223 e. The largest absolute Gasteiger partial charge is 0.354 e. The third kappa shape index (κ3) is 6.53. The first-order valence-electron chi connectivity index (χ1n) is 8.45. The number of carbonyl (C=O) groups is 2. The molecule has 0 aromatic heterocycles. The summed E-state index contributed by atoms with van der Waals surface area (Å²) in [6.45, 7) is 3.66. The van der Waals surface area contributed by atoms with Crippen LogP contribution in [0.4, 0.5) is 0 Å². The molecule has 1 saturated heterocycles. The van der Waals surface area contributed by atoms with E-state index in [9.17, 15) is 9.59 Å². The highest BCUT2D eigenvalue weighted by atomic mass is 35.5. The zero-order chi connectivity index (χ0) is 15.1. The Morgan fingerprint density at radius 3 is 2.50 bits per heavy atom. The fourth-order valence-electron chi connectivity index (χ4n) is 3.29. The molecule has 0 bridgehead atoms. The molecule has 1 aliphatic carbocycles. The summed E-state index contributed by atoms with van der Waals surface area (Å²) in [5.41, 5.74) is 0. The van der Waals surface area contributed by atoms with Gasteiger partial charge in [0, 0.05) is 31.0 Å². The van der Waals surface area contributed by atoms with Crippen molar-refractivity contribution in [2.75, 3.05) is 13.1 Å². The molecule has 1 saturated carbocycles. The van der Waals surface area contributed by atoms with Crippen molar-refractivity contribution in [1.29, 1.82) is 0 Å². The summed E-state index contributed by atoms with van der Waals surface area (Å²) >= 11 is 0. The summed E-state index contributed by atoms with van der Waals surface area (Å²) in [6.07, 6.45) is 8.24. The van der Waals surface area contributed by atoms with E-state index in [1.54, 1.807) is 0 Å². The van der Waals surface area contributed by atoms with Crippen molar-refractivity contribution in [2.45, 2.75) is 70.4 Å². The molecule has 22 heavy (non-hydrogen) atoms. The van der Waals surface area contributed by atoms with E-state index in [0.717, 1.165) is 38.6 Å². The molecule has 6 heteroatoms. The Balaban J connectivity index is 0.00000242. The van der Waals surface area contributed by atoms with Gasteiger partial charge >= 0.3 is 0 Å². The van der Waals surface area contributed by atoms with Crippen molar-refractivity contribution in [3.63, 3.8) is 0 Å². The van der Waals surface area contributed by atoms with Crippen LogP contribution in [0.2, 0.25) is 0 Å². The van der Waals surface area contributed by atoms with Gasteiger partial charge in [-0.15, -0.1) is 12.4 Å². The van der Waals surface area contributed by atoms with Gasteiger partial charge in [-0.25, -0.2) is 0 Å². The van der Waals surface area contributed by atoms with Gasteiger partial charge in [-0.05, 0) is 39.2 Å². The van der Waals surface area contributed by atoms with E-state index in [1.165, 1.54) is 12.8 Å². The van der Waals surface area contributed by atoms with Crippen molar-refractivity contribution in [2.24, 2.45) is 5.92 Å². The Labute approximate surface area is 139 Å². The van der Waals surface area contributed by atoms with E-state index < -0.39 is 0 Å². The van der Waals surface area contributed by atoms with Gasteiger partial charge in [-0.1, -0.05) is 19.3 Å². The van der Waals surface area contributed by atoms with E-state index in [-0.39, 0.29) is 36.2 Å². The van der Waals surface area contributed by atoms with Gasteiger partial charge in [0.15, 0.2) is 0 Å². The van der Waals surface area contributed by atoms with Crippen molar-refractivity contribution in [1.82, 2.24) is 16.0 Å². The second kappa shape index (κ2) is 10.1. The lowest BCUT2D eigenvalue weighted by molar-refractivity contribution is -0.127. The third-order valence-electron chi connectivity index (χ3n) is 4.56. The Morgan fingerprint density at radius 1 is 1.14 bits per heavy atom. The van der Waals surface area contributed by atoms with Gasteiger partial charge in [0.2, 0.25) is 11.8 Å². The molecule has 2 rings (SSSR count). The van der Waals surface area contributed by atoms with Crippen LogP contribution in [0.1, 0.15) is 58.3 Å². The molecule has 2 amide bonds. The zero-order valence-electron chi connectivity index (χ0n) is 13.5. The summed E-state index contributed by atoms with van der Waals surface area (Å²) in [7, 11) is 0. The Morgan fingerprint density at radius 2 is 1.86 bits per heavy atom. The molecule has 0 spiro atoms. The van der Waals surface area contributed by atoms with Crippen LogP contribution in [0, 0.1) is 5.92 Å². The first kappa shape index (κ1) is 19.2. The average Bonchev–Trinajstić information content (AvgIpc) is 2.99. The van der Waals surface area contributed by atoms with Gasteiger partial charge in [0.25, 0.3) is 0 Å². The molecule has 2 unspecified atom stereocenters. The second-order valence-electron chi connectivity index (χ2n) is 6.55. The standard InChI is InChI=1S/C16H29N3O2.ClH/c1-12(19-16(21)13-6-3-2-4-7-13)10-15(20)18-11-14-8-5-9-17-14;/h12-14,17H,2-11H2,1H3,(H,18,20)(H,19,21);1H. The molecule has 0 radical (unpaired) electrons. The lowest BCUT2D eigenvalue weighted by atomic mass is 9.88. The van der Waals surface area contributed by atoms with Gasteiger partial charge in [0.05, 0.1) is 0 Å². The average molecular weight is 332 g/mol. The normalized spacial score (nSPS) is 23.4. The predicted octanol–water partition coefficient (Wildman–Crippen LogP) is 1.75. The molecular weight excluding hydrogens is 302 g/mol. The molecule has 2 aliphatic rings. The minimum atomic E-state index is -0.0871. The van der Waals surface area contributed by atoms with Gasteiger partial charge in [0.1, 0.15) is 0 Å². The molecule has 1 heterocycles. The Kier molecular flexibility index (Phi) is 8.79. The summed E-state index contributed by atoms with van der Waals surface area (Å²) in [4.78, 5) is 24.0. The van der Waals surface area contributed by atoms with Crippen LogP contribution in [0.3, 0.4) is 0 Å². The van der Waals surface area contributed by atoms with Gasteiger partial charge < -0.3 is 16.0 Å². The summed E-state index contributed by atoms with van der Waals surface area (Å²) < 4.78 is 0. The maximum atomic E-state index is 12.1. The van der Waals surface area contributed by atoms with Gasteiger partial charge in [-0.2, -0.15) is 0 Å². The maximum absolute atomic E-state index is 12.1. The van der Waals surface area contributed by atoms with Crippen molar-refractivity contribution in [3.8, 4) is 0 Å². The number of hydrogen-bond acceptors (Lipinski definition) is 3. The number of halogens is 1. The topological polar surface area (TPSA) is 70.2 Å². The van der Waals surface area contributed by atoms with E-state index in [0.29, 0.717) is 19.0 Å². The Hall–Kier alpha value is -0.810. The monoisotopic (exact) mass is 331 g/mol. The predicted molar refractivity (Wildman–Crippen MR) is 90.1 cm³/mol. The molecule has 128 valence electrons. The fourth-order valence-corrected chi connectivity index (χ4v) is 3.29. The first-order valence-corrected chi connectivity index (χ1v) is 8.45. The van der Waals surface area contributed by atoms with E-state index >= 15 is 0 Å². The number of hydrogen-bond donors (Lipinski definition) is 3. The molecule has 5 nitrogen and oxygen atoms in total. The van der Waals surface area contributed by atoms with Crippen molar-refractivity contribution < 1.29 is 9.59 Å². The second-order valence-corrected chi connectivity index (χ2v) is 6.55. The molecular formula is C16H30ClN3O2. The molecule has 3 N–H and O–H groups in total. The third-order valence-corrected chi connectivity index (χ3v) is 4.56. The van der Waals surface area contributed by atoms with Crippen LogP contribution >= 0.6 is 12.4 Å². The molecule has 0 aromatic rings. The van der Waals surface area contributed by atoms with Crippen molar-refractivity contribution in [3.05, 3.63) is 0 Å². The molecule has 2 fully saturated rings. The number of rotatable bonds is 6.